The van der Waals surface area contributed by atoms with Gasteiger partial charge in [0.1, 0.15) is 43.2 Å². The first-order valence-electron chi connectivity index (χ1n) is 24.6. The number of hydrogen-bond acceptors (Lipinski definition) is 13. The third kappa shape index (κ3) is 33.0. The molecule has 382 valence electrons. The number of unbranched alkanes of at least 4 members (excludes halogenated alkanes) is 11. The first-order valence-corrected chi connectivity index (χ1v) is 26.1. The molecular formula is C52H85O14P. The van der Waals surface area contributed by atoms with E-state index in [1.807, 2.05) is 43.4 Å². The van der Waals surface area contributed by atoms with Crippen LogP contribution in [0.25, 0.3) is 0 Å². The number of esters is 2. The summed E-state index contributed by atoms with van der Waals surface area (Å²) in [6, 6.07) is 0. The summed E-state index contributed by atoms with van der Waals surface area (Å²) in [6.45, 7) is 2.89. The van der Waals surface area contributed by atoms with Gasteiger partial charge in [0, 0.05) is 12.8 Å². The molecule has 0 bridgehead atoms. The summed E-state index contributed by atoms with van der Waals surface area (Å²) in [4.78, 5) is 35.8. The number of allylic oxidation sites excluding steroid dienone is 15. The van der Waals surface area contributed by atoms with Gasteiger partial charge in [0.2, 0.25) is 0 Å². The molecule has 1 aliphatic carbocycles. The third-order valence-corrected chi connectivity index (χ3v) is 11.8. The molecule has 0 amide bonds. The smallest absolute Gasteiger partial charge is 0.462 e. The predicted molar refractivity (Wildman–Crippen MR) is 264 cm³/mol. The Morgan fingerprint density at radius 1 is 0.537 bits per heavy atom. The van der Waals surface area contributed by atoms with Crippen LogP contribution < -0.4 is 0 Å². The molecule has 1 fully saturated rings. The number of phosphoric ester groups is 1. The van der Waals surface area contributed by atoms with E-state index in [1.165, 1.54) is 32.1 Å². The normalized spacial score (nSPS) is 22.5. The molecule has 0 aromatic rings. The van der Waals surface area contributed by atoms with Gasteiger partial charge in [0.25, 0.3) is 0 Å². The summed E-state index contributed by atoms with van der Waals surface area (Å²) < 4.78 is 33.5. The van der Waals surface area contributed by atoms with Crippen LogP contribution in [0, 0.1) is 0 Å². The lowest BCUT2D eigenvalue weighted by molar-refractivity contribution is -0.220. The SMILES string of the molecule is CCCCCC/C=C\C/C=C\C/C=C\CCCCCCCCC(=O)OC[C@H](COP(=O)(O)OC1[C@H](O)[C@H](O)C(O)[C@H](O)[C@H]1O)OC(=O)CCC/C=C\C/C=C\C/C=C\C/C=C\C=C\[C@H](O)CC. The Hall–Kier alpha value is -3.27. The molecule has 0 aliphatic heterocycles. The second kappa shape index (κ2) is 40.6. The van der Waals surface area contributed by atoms with Gasteiger partial charge in [-0.25, -0.2) is 4.57 Å². The van der Waals surface area contributed by atoms with Gasteiger partial charge >= 0.3 is 19.8 Å². The average Bonchev–Trinajstić information content (AvgIpc) is 3.31. The van der Waals surface area contributed by atoms with Crippen LogP contribution >= 0.6 is 7.82 Å². The number of carbonyl (C=O) groups is 2. The molecule has 14 nitrogen and oxygen atoms in total. The molecule has 15 heteroatoms. The van der Waals surface area contributed by atoms with Gasteiger partial charge < -0.3 is 45.0 Å². The fourth-order valence-corrected chi connectivity index (χ4v) is 7.66. The topological polar surface area (TPSA) is 230 Å². The molecular weight excluding hydrogens is 880 g/mol. The van der Waals surface area contributed by atoms with E-state index in [0.29, 0.717) is 25.7 Å². The summed E-state index contributed by atoms with van der Waals surface area (Å²) in [5.74, 6) is -1.21. The minimum Gasteiger partial charge on any atom is -0.462 e. The summed E-state index contributed by atoms with van der Waals surface area (Å²) in [7, 11) is -5.16. The average molecular weight is 965 g/mol. The van der Waals surface area contributed by atoms with Crippen LogP contribution in [0.1, 0.15) is 155 Å². The third-order valence-electron chi connectivity index (χ3n) is 10.8. The maximum atomic E-state index is 12.8. The van der Waals surface area contributed by atoms with Crippen molar-refractivity contribution in [3.8, 4) is 0 Å². The molecule has 1 saturated carbocycles. The van der Waals surface area contributed by atoms with Crippen molar-refractivity contribution in [3.63, 3.8) is 0 Å². The Bertz CT molecular complexity index is 1550. The zero-order valence-electron chi connectivity index (χ0n) is 40.3. The van der Waals surface area contributed by atoms with Crippen molar-refractivity contribution < 1.29 is 68.2 Å². The van der Waals surface area contributed by atoms with Gasteiger partial charge in [0.05, 0.1) is 12.7 Å². The van der Waals surface area contributed by atoms with E-state index in [4.69, 9.17) is 18.5 Å². The molecule has 0 radical (unpaired) electrons. The Balaban J connectivity index is 2.49. The highest BCUT2D eigenvalue weighted by molar-refractivity contribution is 7.47. The molecule has 0 aromatic heterocycles. The van der Waals surface area contributed by atoms with Crippen LogP contribution in [-0.4, -0.2) is 110 Å². The first-order chi connectivity index (χ1) is 32.3. The van der Waals surface area contributed by atoms with Crippen LogP contribution in [0.2, 0.25) is 0 Å². The highest BCUT2D eigenvalue weighted by Crippen LogP contribution is 2.47. The summed E-state index contributed by atoms with van der Waals surface area (Å²) in [5.41, 5.74) is 0. The molecule has 1 rings (SSSR count). The van der Waals surface area contributed by atoms with Gasteiger partial charge in [-0.15, -0.1) is 0 Å². The predicted octanol–water partition coefficient (Wildman–Crippen LogP) is 9.19. The number of hydrogen-bond donors (Lipinski definition) is 7. The highest BCUT2D eigenvalue weighted by Gasteiger charge is 2.51. The first kappa shape index (κ1) is 61.7. The molecule has 7 N–H and O–H groups in total. The molecule has 0 aromatic carbocycles. The van der Waals surface area contributed by atoms with E-state index in [2.05, 4.69) is 61.6 Å². The minimum atomic E-state index is -5.16. The number of aliphatic hydroxyl groups is 6. The molecule has 67 heavy (non-hydrogen) atoms. The van der Waals surface area contributed by atoms with Crippen LogP contribution in [0.5, 0.6) is 0 Å². The number of phosphoric acid groups is 1. The Morgan fingerprint density at radius 2 is 0.985 bits per heavy atom. The maximum absolute atomic E-state index is 12.8. The van der Waals surface area contributed by atoms with Crippen LogP contribution in [0.3, 0.4) is 0 Å². The molecule has 9 atom stereocenters. The lowest BCUT2D eigenvalue weighted by Crippen LogP contribution is -2.64. The number of carbonyl (C=O) groups excluding carboxylic acids is 2. The van der Waals surface area contributed by atoms with Crippen LogP contribution in [0.15, 0.2) is 97.2 Å². The summed E-state index contributed by atoms with van der Waals surface area (Å²) >= 11 is 0. The van der Waals surface area contributed by atoms with Crippen molar-refractivity contribution >= 4 is 19.8 Å². The van der Waals surface area contributed by atoms with Crippen molar-refractivity contribution in [2.24, 2.45) is 0 Å². The maximum Gasteiger partial charge on any atom is 0.472 e. The largest absolute Gasteiger partial charge is 0.472 e. The zero-order valence-corrected chi connectivity index (χ0v) is 41.2. The molecule has 0 heterocycles. The monoisotopic (exact) mass is 965 g/mol. The minimum absolute atomic E-state index is 0.00424. The lowest BCUT2D eigenvalue weighted by atomic mass is 9.85. The van der Waals surface area contributed by atoms with Crippen molar-refractivity contribution in [2.45, 2.75) is 204 Å². The number of aliphatic hydroxyl groups excluding tert-OH is 6. The van der Waals surface area contributed by atoms with E-state index in [1.54, 1.807) is 6.08 Å². The summed E-state index contributed by atoms with van der Waals surface area (Å²) in [5, 5.41) is 59.7. The van der Waals surface area contributed by atoms with Crippen molar-refractivity contribution in [1.29, 1.82) is 0 Å². The summed E-state index contributed by atoms with van der Waals surface area (Å²) in [6.07, 6.45) is 38.3. The zero-order chi connectivity index (χ0) is 49.4. The molecule has 0 spiro atoms. The van der Waals surface area contributed by atoms with Crippen LogP contribution in [-0.2, 0) is 32.7 Å². The molecule has 1 aliphatic rings. The van der Waals surface area contributed by atoms with E-state index >= 15 is 0 Å². The Kier molecular flexibility index (Phi) is 37.4. The van der Waals surface area contributed by atoms with Crippen molar-refractivity contribution in [2.75, 3.05) is 13.2 Å². The van der Waals surface area contributed by atoms with Gasteiger partial charge in [-0.2, -0.15) is 0 Å². The van der Waals surface area contributed by atoms with Gasteiger partial charge in [0.15, 0.2) is 6.10 Å². The quantitative estimate of drug-likeness (QED) is 0.0100. The van der Waals surface area contributed by atoms with Crippen molar-refractivity contribution in [3.05, 3.63) is 97.2 Å². The van der Waals surface area contributed by atoms with E-state index in [9.17, 15) is 49.7 Å². The highest BCUT2D eigenvalue weighted by atomic mass is 31.2. The van der Waals surface area contributed by atoms with Gasteiger partial charge in [-0.3, -0.25) is 18.6 Å². The van der Waals surface area contributed by atoms with E-state index in [-0.39, 0.29) is 12.8 Å². The molecule has 3 unspecified atom stereocenters. The van der Waals surface area contributed by atoms with Crippen molar-refractivity contribution in [1.82, 2.24) is 0 Å². The Morgan fingerprint density at radius 3 is 1.52 bits per heavy atom. The molecule has 0 saturated heterocycles. The standard InChI is InChI=1S/C52H85O14P/c1-3-5-6-7-8-9-10-11-12-13-14-15-16-17-21-24-27-30-33-36-39-45(54)63-41-44(42-64-67(61,62)66-52-50(59)48(57)47(56)49(58)51(52)60)65-46(55)40-37-34-31-28-25-22-19-18-20-23-26-29-32-35-38-43(53)4-2/h9-10,12-13,15-16,19-20,22-23,28-29,31-32,35,38,43-44,47-53,56-60H,3-8,11,14,17-18,21,24-27,30,33-34,36-37,39-42H2,1-2H3,(H,61,62)/b10-9-,13-12-,16-15-,22-19-,23-20-,31-28-,32-29-,38-35+/t43-,44-,47?,48-,49+,50-,51-,52?/m1/s1. The second-order valence-corrected chi connectivity index (χ2v) is 18.2. The fourth-order valence-electron chi connectivity index (χ4n) is 6.69. The number of rotatable bonds is 39. The second-order valence-electron chi connectivity index (χ2n) is 16.8. The van der Waals surface area contributed by atoms with Gasteiger partial charge in [-0.05, 0) is 83.5 Å². The van der Waals surface area contributed by atoms with E-state index < -0.39 is 81.8 Å². The lowest BCUT2D eigenvalue weighted by Gasteiger charge is -2.41. The fraction of sp³-hybridized carbons (Fsp3) is 0.654. The number of ether oxygens (including phenoxy) is 2. The van der Waals surface area contributed by atoms with Crippen LogP contribution in [0.4, 0.5) is 0 Å². The Labute approximate surface area is 401 Å². The van der Waals surface area contributed by atoms with E-state index in [0.717, 1.165) is 70.6 Å². The van der Waals surface area contributed by atoms with Gasteiger partial charge in [-0.1, -0.05) is 156 Å².